The molecule has 1 unspecified atom stereocenters. The van der Waals surface area contributed by atoms with Crippen molar-refractivity contribution in [2.75, 3.05) is 26.6 Å². The van der Waals surface area contributed by atoms with Gasteiger partial charge in [-0.05, 0) is 12.1 Å². The van der Waals surface area contributed by atoms with Gasteiger partial charge in [0.1, 0.15) is 18.9 Å². The zero-order valence-corrected chi connectivity index (χ0v) is 14.3. The standard InChI is InChI=1S/C16H23NO4S/c1-12(18)17-15(10-21-13(2)19)16(11-20-3)22(4)14-8-6-5-7-9-14/h5-9,15-16H,10-11H2,1-4H3/p+1/t15-,16-,22?/m1/s1. The Morgan fingerprint density at radius 1 is 1.18 bits per heavy atom. The van der Waals surface area contributed by atoms with Gasteiger partial charge in [-0.25, -0.2) is 0 Å². The second-order valence-electron chi connectivity index (χ2n) is 4.97. The van der Waals surface area contributed by atoms with E-state index >= 15 is 0 Å². The molecule has 0 bridgehead atoms. The molecular formula is C16H24NO4S+. The first-order valence-corrected chi connectivity index (χ1v) is 8.74. The minimum Gasteiger partial charge on any atom is -0.463 e. The predicted molar refractivity (Wildman–Crippen MR) is 87.9 cm³/mol. The lowest BCUT2D eigenvalue weighted by Gasteiger charge is -2.25. The Morgan fingerprint density at radius 2 is 1.82 bits per heavy atom. The van der Waals surface area contributed by atoms with Gasteiger partial charge in [0, 0.05) is 31.9 Å². The van der Waals surface area contributed by atoms with E-state index in [1.807, 2.05) is 18.2 Å². The molecule has 1 aromatic rings. The van der Waals surface area contributed by atoms with Gasteiger partial charge in [0.25, 0.3) is 0 Å². The lowest BCUT2D eigenvalue weighted by atomic mass is 10.2. The molecule has 1 amide bonds. The van der Waals surface area contributed by atoms with Crippen molar-refractivity contribution in [2.45, 2.75) is 30.0 Å². The average Bonchev–Trinajstić information content (AvgIpc) is 2.49. The summed E-state index contributed by atoms with van der Waals surface area (Å²) in [6.45, 7) is 3.44. The summed E-state index contributed by atoms with van der Waals surface area (Å²) in [5.74, 6) is -0.509. The molecule has 3 atom stereocenters. The van der Waals surface area contributed by atoms with Crippen molar-refractivity contribution in [2.24, 2.45) is 0 Å². The molecule has 1 rings (SSSR count). The van der Waals surface area contributed by atoms with E-state index in [1.54, 1.807) is 7.11 Å². The number of amides is 1. The van der Waals surface area contributed by atoms with Crippen molar-refractivity contribution in [3.63, 3.8) is 0 Å². The maximum Gasteiger partial charge on any atom is 0.302 e. The van der Waals surface area contributed by atoms with E-state index in [0.717, 1.165) is 0 Å². The predicted octanol–water partition coefficient (Wildman–Crippen LogP) is 1.38. The zero-order chi connectivity index (χ0) is 16.5. The van der Waals surface area contributed by atoms with Crippen molar-refractivity contribution in [3.05, 3.63) is 30.3 Å². The summed E-state index contributed by atoms with van der Waals surface area (Å²) in [5, 5.41) is 2.91. The highest BCUT2D eigenvalue weighted by Gasteiger charge is 2.37. The molecule has 0 saturated carbocycles. The summed E-state index contributed by atoms with van der Waals surface area (Å²) < 4.78 is 10.4. The Labute approximate surface area is 134 Å². The van der Waals surface area contributed by atoms with Crippen LogP contribution < -0.4 is 5.32 Å². The Balaban J connectivity index is 2.94. The number of ether oxygens (including phenoxy) is 2. The quantitative estimate of drug-likeness (QED) is 0.579. The first-order valence-electron chi connectivity index (χ1n) is 7.05. The fraction of sp³-hybridized carbons (Fsp3) is 0.500. The SMILES string of the molecule is COC[C@H]([C@@H](COC(C)=O)NC(C)=O)[S+](C)c1ccccc1. The molecule has 1 N–H and O–H groups in total. The van der Waals surface area contributed by atoms with Crippen LogP contribution in [0.3, 0.4) is 0 Å². The number of benzene rings is 1. The summed E-state index contributed by atoms with van der Waals surface area (Å²) in [7, 11) is 1.47. The molecule has 0 heterocycles. The van der Waals surface area contributed by atoms with E-state index < -0.39 is 0 Å². The highest BCUT2D eigenvalue weighted by atomic mass is 32.2. The number of carbonyl (C=O) groups excluding carboxylic acids is 2. The smallest absolute Gasteiger partial charge is 0.302 e. The molecule has 6 heteroatoms. The van der Waals surface area contributed by atoms with Crippen LogP contribution in [-0.2, 0) is 30.0 Å². The van der Waals surface area contributed by atoms with E-state index in [4.69, 9.17) is 9.47 Å². The molecule has 0 fully saturated rings. The minimum absolute atomic E-state index is 0.0237. The third-order valence-electron chi connectivity index (χ3n) is 3.20. The Bertz CT molecular complexity index is 480. The van der Waals surface area contributed by atoms with Crippen molar-refractivity contribution in [3.8, 4) is 0 Å². The van der Waals surface area contributed by atoms with E-state index in [1.165, 1.54) is 18.7 Å². The van der Waals surface area contributed by atoms with Crippen molar-refractivity contribution in [1.29, 1.82) is 0 Å². The van der Waals surface area contributed by atoms with Crippen LogP contribution in [0.2, 0.25) is 0 Å². The van der Waals surface area contributed by atoms with E-state index in [9.17, 15) is 9.59 Å². The van der Waals surface area contributed by atoms with Crippen LogP contribution in [-0.4, -0.2) is 49.7 Å². The largest absolute Gasteiger partial charge is 0.463 e. The maximum absolute atomic E-state index is 11.5. The Kier molecular flexibility index (Phi) is 7.98. The second-order valence-corrected chi connectivity index (χ2v) is 7.17. The van der Waals surface area contributed by atoms with Gasteiger partial charge >= 0.3 is 5.97 Å². The normalized spacial score (nSPS) is 14.7. The maximum atomic E-state index is 11.5. The van der Waals surface area contributed by atoms with Crippen LogP contribution in [0, 0.1) is 0 Å². The van der Waals surface area contributed by atoms with Gasteiger partial charge in [0.15, 0.2) is 10.1 Å². The molecule has 5 nitrogen and oxygen atoms in total. The van der Waals surface area contributed by atoms with Crippen molar-refractivity contribution in [1.82, 2.24) is 5.32 Å². The number of esters is 1. The summed E-state index contributed by atoms with van der Waals surface area (Å²) >= 11 is 0. The van der Waals surface area contributed by atoms with Crippen LogP contribution in [0.25, 0.3) is 0 Å². The van der Waals surface area contributed by atoms with Gasteiger partial charge in [-0.2, -0.15) is 0 Å². The molecule has 22 heavy (non-hydrogen) atoms. The molecule has 122 valence electrons. The molecule has 0 aliphatic carbocycles. The second kappa shape index (κ2) is 9.48. The van der Waals surface area contributed by atoms with Gasteiger partial charge < -0.3 is 14.8 Å². The van der Waals surface area contributed by atoms with Crippen LogP contribution in [0.15, 0.2) is 35.2 Å². The fourth-order valence-electron chi connectivity index (χ4n) is 2.15. The van der Waals surface area contributed by atoms with Crippen LogP contribution in [0.5, 0.6) is 0 Å². The van der Waals surface area contributed by atoms with Gasteiger partial charge in [-0.3, -0.25) is 9.59 Å². The van der Waals surface area contributed by atoms with Gasteiger partial charge in [-0.1, -0.05) is 18.2 Å². The van der Waals surface area contributed by atoms with Crippen molar-refractivity contribution >= 4 is 22.8 Å². The van der Waals surface area contributed by atoms with Crippen LogP contribution in [0.1, 0.15) is 13.8 Å². The topological polar surface area (TPSA) is 64.6 Å². The number of hydrogen-bond acceptors (Lipinski definition) is 4. The molecule has 0 saturated heterocycles. The minimum atomic E-state index is -0.359. The van der Waals surface area contributed by atoms with Crippen LogP contribution >= 0.6 is 0 Å². The molecular weight excluding hydrogens is 302 g/mol. The Morgan fingerprint density at radius 3 is 2.32 bits per heavy atom. The van der Waals surface area contributed by atoms with E-state index in [-0.39, 0.29) is 40.7 Å². The fourth-order valence-corrected chi connectivity index (χ4v) is 4.06. The summed E-state index contributed by atoms with van der Waals surface area (Å²) in [6, 6.07) is 9.78. The number of carbonyl (C=O) groups is 2. The van der Waals surface area contributed by atoms with Gasteiger partial charge in [0.05, 0.1) is 6.61 Å². The average molecular weight is 326 g/mol. The van der Waals surface area contributed by atoms with E-state index in [0.29, 0.717) is 6.61 Å². The first kappa shape index (κ1) is 18.5. The van der Waals surface area contributed by atoms with Crippen molar-refractivity contribution < 1.29 is 19.1 Å². The molecule has 0 aliphatic rings. The van der Waals surface area contributed by atoms with Gasteiger partial charge in [-0.15, -0.1) is 0 Å². The zero-order valence-electron chi connectivity index (χ0n) is 13.5. The summed E-state index contributed by atoms with van der Waals surface area (Å²) in [4.78, 5) is 23.8. The molecule has 0 spiro atoms. The molecule has 0 aromatic heterocycles. The van der Waals surface area contributed by atoms with Crippen LogP contribution in [0.4, 0.5) is 0 Å². The first-order chi connectivity index (χ1) is 10.5. The number of nitrogens with one attached hydrogen (secondary N) is 1. The summed E-state index contributed by atoms with van der Waals surface area (Å²) in [6.07, 6.45) is 2.11. The lowest BCUT2D eigenvalue weighted by Crippen LogP contribution is -2.51. The highest BCUT2D eigenvalue weighted by Crippen LogP contribution is 2.19. The highest BCUT2D eigenvalue weighted by molar-refractivity contribution is 7.97. The molecule has 0 aliphatic heterocycles. The third kappa shape index (κ3) is 6.07. The lowest BCUT2D eigenvalue weighted by molar-refractivity contribution is -0.142. The number of methoxy groups -OCH3 is 1. The Hall–Kier alpha value is -1.53. The molecule has 0 radical (unpaired) electrons. The monoisotopic (exact) mass is 326 g/mol. The number of rotatable bonds is 8. The van der Waals surface area contributed by atoms with Gasteiger partial charge in [0.2, 0.25) is 5.91 Å². The summed E-state index contributed by atoms with van der Waals surface area (Å²) in [5.41, 5.74) is 0. The number of hydrogen-bond donors (Lipinski definition) is 1. The molecule has 1 aromatic carbocycles. The third-order valence-corrected chi connectivity index (χ3v) is 5.59. The van der Waals surface area contributed by atoms with E-state index in [2.05, 4.69) is 23.7 Å².